The van der Waals surface area contributed by atoms with E-state index in [0.29, 0.717) is 0 Å². The van der Waals surface area contributed by atoms with Gasteiger partial charge in [-0.1, -0.05) is 25.1 Å². The molecule has 14 heavy (non-hydrogen) atoms. The predicted octanol–water partition coefficient (Wildman–Crippen LogP) is 1.56. The summed E-state index contributed by atoms with van der Waals surface area (Å²) in [4.78, 5) is 11.8. The smallest absolute Gasteiger partial charge is 0.245 e. The summed E-state index contributed by atoms with van der Waals surface area (Å²) >= 11 is 0. The minimum absolute atomic E-state index is 0.0511. The van der Waals surface area contributed by atoms with Crippen LogP contribution in [0.5, 0.6) is 0 Å². The molecule has 3 heteroatoms. The number of rotatable bonds is 1. The lowest BCUT2D eigenvalue weighted by atomic mass is 10.1. The summed E-state index contributed by atoms with van der Waals surface area (Å²) in [6.07, 6.45) is 0. The minimum atomic E-state index is 0.0511. The SMILES string of the molecule is CC1NN(c2ccccc2)C(=O)C1C. The van der Waals surface area contributed by atoms with Gasteiger partial charge in [-0.2, -0.15) is 0 Å². The molecule has 2 unspecified atom stereocenters. The highest BCUT2D eigenvalue weighted by molar-refractivity contribution is 5.96. The summed E-state index contributed by atoms with van der Waals surface area (Å²) in [5.41, 5.74) is 4.06. The van der Waals surface area contributed by atoms with Crippen LogP contribution in [0.2, 0.25) is 0 Å². The summed E-state index contributed by atoms with van der Waals surface area (Å²) in [5.74, 6) is 0.193. The lowest BCUT2D eigenvalue weighted by molar-refractivity contribution is -0.120. The van der Waals surface area contributed by atoms with Crippen LogP contribution in [-0.4, -0.2) is 11.9 Å². The largest absolute Gasteiger partial charge is 0.273 e. The van der Waals surface area contributed by atoms with Gasteiger partial charge in [-0.3, -0.25) is 4.79 Å². The highest BCUT2D eigenvalue weighted by atomic mass is 16.2. The van der Waals surface area contributed by atoms with E-state index in [0.717, 1.165) is 5.69 Å². The minimum Gasteiger partial charge on any atom is -0.273 e. The predicted molar refractivity (Wildman–Crippen MR) is 55.7 cm³/mol. The van der Waals surface area contributed by atoms with E-state index in [1.54, 1.807) is 5.01 Å². The third kappa shape index (κ3) is 1.40. The molecule has 1 saturated heterocycles. The van der Waals surface area contributed by atoms with Crippen LogP contribution in [-0.2, 0) is 4.79 Å². The van der Waals surface area contributed by atoms with Gasteiger partial charge in [0.1, 0.15) is 0 Å². The molecular weight excluding hydrogens is 176 g/mol. The van der Waals surface area contributed by atoms with Crippen molar-refractivity contribution in [3.8, 4) is 0 Å². The first-order valence-electron chi connectivity index (χ1n) is 4.85. The lowest BCUT2D eigenvalue weighted by Gasteiger charge is -2.16. The number of hydrazine groups is 1. The zero-order chi connectivity index (χ0) is 10.1. The molecule has 0 saturated carbocycles. The second-order valence-electron chi connectivity index (χ2n) is 3.72. The summed E-state index contributed by atoms with van der Waals surface area (Å²) in [7, 11) is 0. The molecule has 1 N–H and O–H groups in total. The molecule has 0 aliphatic carbocycles. The Morgan fingerprint density at radius 2 is 1.86 bits per heavy atom. The van der Waals surface area contributed by atoms with E-state index < -0.39 is 0 Å². The number of anilines is 1. The fourth-order valence-corrected chi connectivity index (χ4v) is 1.58. The third-order valence-corrected chi connectivity index (χ3v) is 2.71. The van der Waals surface area contributed by atoms with Gasteiger partial charge in [0.25, 0.3) is 0 Å². The van der Waals surface area contributed by atoms with Gasteiger partial charge >= 0.3 is 0 Å². The van der Waals surface area contributed by atoms with E-state index in [9.17, 15) is 4.79 Å². The van der Waals surface area contributed by atoms with Crippen molar-refractivity contribution in [1.82, 2.24) is 5.43 Å². The third-order valence-electron chi connectivity index (χ3n) is 2.71. The highest BCUT2D eigenvalue weighted by Gasteiger charge is 2.34. The monoisotopic (exact) mass is 190 g/mol. The molecule has 1 fully saturated rings. The Morgan fingerprint density at radius 3 is 2.36 bits per heavy atom. The van der Waals surface area contributed by atoms with Crippen LogP contribution in [0.1, 0.15) is 13.8 Å². The zero-order valence-electron chi connectivity index (χ0n) is 8.40. The van der Waals surface area contributed by atoms with E-state index >= 15 is 0 Å². The van der Waals surface area contributed by atoms with Crippen LogP contribution in [0.3, 0.4) is 0 Å². The first-order valence-corrected chi connectivity index (χ1v) is 4.85. The second-order valence-corrected chi connectivity index (χ2v) is 3.72. The quantitative estimate of drug-likeness (QED) is 0.729. The molecule has 1 aliphatic rings. The van der Waals surface area contributed by atoms with Gasteiger partial charge in [0.15, 0.2) is 0 Å². The number of amides is 1. The fourth-order valence-electron chi connectivity index (χ4n) is 1.58. The summed E-state index contributed by atoms with van der Waals surface area (Å²) in [6.45, 7) is 3.97. The molecule has 3 nitrogen and oxygen atoms in total. The van der Waals surface area contributed by atoms with Crippen LogP contribution < -0.4 is 10.4 Å². The number of carbonyl (C=O) groups excluding carboxylic acids is 1. The molecule has 1 heterocycles. The standard InChI is InChI=1S/C11H14N2O/c1-8-9(2)12-13(11(8)14)10-6-4-3-5-7-10/h3-9,12H,1-2H3. The zero-order valence-corrected chi connectivity index (χ0v) is 8.40. The average molecular weight is 190 g/mol. The van der Waals surface area contributed by atoms with Crippen molar-refractivity contribution in [3.05, 3.63) is 30.3 Å². The molecular formula is C11H14N2O. The Kier molecular flexibility index (Phi) is 2.25. The van der Waals surface area contributed by atoms with Crippen LogP contribution in [0, 0.1) is 5.92 Å². The molecule has 1 aromatic rings. The Morgan fingerprint density at radius 1 is 1.21 bits per heavy atom. The maximum absolute atomic E-state index is 11.8. The molecule has 0 aromatic heterocycles. The van der Waals surface area contributed by atoms with E-state index in [1.165, 1.54) is 0 Å². The van der Waals surface area contributed by atoms with Gasteiger partial charge in [0, 0.05) is 6.04 Å². The van der Waals surface area contributed by atoms with Crippen LogP contribution in [0.25, 0.3) is 0 Å². The van der Waals surface area contributed by atoms with Gasteiger partial charge in [-0.05, 0) is 19.1 Å². The molecule has 1 aliphatic heterocycles. The number of para-hydroxylation sites is 1. The Labute approximate surface area is 83.7 Å². The molecule has 2 rings (SSSR count). The number of hydrogen-bond donors (Lipinski definition) is 1. The maximum Gasteiger partial charge on any atom is 0.245 e. The number of nitrogens with zero attached hydrogens (tertiary/aromatic N) is 1. The Balaban J connectivity index is 2.26. The van der Waals surface area contributed by atoms with Crippen molar-refractivity contribution in [3.63, 3.8) is 0 Å². The molecule has 1 amide bonds. The highest BCUT2D eigenvalue weighted by Crippen LogP contribution is 2.21. The summed E-state index contributed by atoms with van der Waals surface area (Å²) < 4.78 is 0. The van der Waals surface area contributed by atoms with Crippen molar-refractivity contribution >= 4 is 11.6 Å². The molecule has 2 atom stereocenters. The Bertz CT molecular complexity index is 336. The van der Waals surface area contributed by atoms with E-state index in [-0.39, 0.29) is 17.9 Å². The maximum atomic E-state index is 11.8. The van der Waals surface area contributed by atoms with Crippen molar-refractivity contribution in [2.24, 2.45) is 5.92 Å². The first-order chi connectivity index (χ1) is 6.70. The normalized spacial score (nSPS) is 27.0. The molecule has 0 bridgehead atoms. The van der Waals surface area contributed by atoms with Crippen LogP contribution in [0.4, 0.5) is 5.69 Å². The van der Waals surface area contributed by atoms with E-state index in [2.05, 4.69) is 5.43 Å². The topological polar surface area (TPSA) is 32.3 Å². The molecule has 1 aromatic carbocycles. The summed E-state index contributed by atoms with van der Waals surface area (Å²) in [5, 5.41) is 1.63. The number of carbonyl (C=O) groups is 1. The molecule has 74 valence electrons. The first kappa shape index (κ1) is 9.21. The number of benzene rings is 1. The van der Waals surface area contributed by atoms with Crippen molar-refractivity contribution < 1.29 is 4.79 Å². The summed E-state index contributed by atoms with van der Waals surface area (Å²) in [6, 6.07) is 9.86. The van der Waals surface area contributed by atoms with Crippen molar-refractivity contribution in [2.75, 3.05) is 5.01 Å². The van der Waals surface area contributed by atoms with Gasteiger partial charge < -0.3 is 0 Å². The van der Waals surface area contributed by atoms with Gasteiger partial charge in [0.05, 0.1) is 11.6 Å². The van der Waals surface area contributed by atoms with Crippen molar-refractivity contribution in [2.45, 2.75) is 19.9 Å². The Hall–Kier alpha value is -1.35. The molecule has 0 radical (unpaired) electrons. The fraction of sp³-hybridized carbons (Fsp3) is 0.364. The van der Waals surface area contributed by atoms with Crippen LogP contribution >= 0.6 is 0 Å². The van der Waals surface area contributed by atoms with Gasteiger partial charge in [-0.15, -0.1) is 0 Å². The number of hydrogen-bond acceptors (Lipinski definition) is 2. The number of nitrogens with one attached hydrogen (secondary N) is 1. The lowest BCUT2D eigenvalue weighted by Crippen LogP contribution is -2.36. The van der Waals surface area contributed by atoms with E-state index in [1.807, 2.05) is 44.2 Å². The van der Waals surface area contributed by atoms with Gasteiger partial charge in [0.2, 0.25) is 5.91 Å². The molecule has 0 spiro atoms. The second kappa shape index (κ2) is 3.42. The van der Waals surface area contributed by atoms with Crippen molar-refractivity contribution in [1.29, 1.82) is 0 Å². The average Bonchev–Trinajstić information content (AvgIpc) is 2.47. The van der Waals surface area contributed by atoms with Gasteiger partial charge in [-0.25, -0.2) is 10.4 Å². The van der Waals surface area contributed by atoms with Crippen LogP contribution in [0.15, 0.2) is 30.3 Å². The van der Waals surface area contributed by atoms with E-state index in [4.69, 9.17) is 0 Å².